The third-order valence-electron chi connectivity index (χ3n) is 7.81. The predicted octanol–water partition coefficient (Wildman–Crippen LogP) is 2.28. The lowest BCUT2D eigenvalue weighted by Gasteiger charge is -2.20. The molecule has 0 spiro atoms. The van der Waals surface area contributed by atoms with Crippen molar-refractivity contribution in [3.8, 4) is 0 Å². The molecule has 0 aliphatic carbocycles. The van der Waals surface area contributed by atoms with Gasteiger partial charge in [0.2, 0.25) is 5.91 Å². The number of nitrogens with zero attached hydrogens (tertiary/aromatic N) is 6. The van der Waals surface area contributed by atoms with Gasteiger partial charge in [0.05, 0.1) is 18.8 Å². The van der Waals surface area contributed by atoms with Gasteiger partial charge in [-0.05, 0) is 36.1 Å². The lowest BCUT2D eigenvalue weighted by atomic mass is 9.99. The molecule has 202 valence electrons. The summed E-state index contributed by atoms with van der Waals surface area (Å²) in [6.07, 6.45) is 3.88. The normalized spacial score (nSPS) is 20.8. The van der Waals surface area contributed by atoms with Gasteiger partial charge in [-0.25, -0.2) is 4.68 Å². The number of rotatable bonds is 2. The van der Waals surface area contributed by atoms with Crippen molar-refractivity contribution in [2.24, 2.45) is 5.92 Å². The molecule has 0 saturated carbocycles. The lowest BCUT2D eigenvalue weighted by molar-refractivity contribution is -0.122. The first-order valence-corrected chi connectivity index (χ1v) is 14.0. The van der Waals surface area contributed by atoms with E-state index in [4.69, 9.17) is 0 Å². The quantitative estimate of drug-likeness (QED) is 0.414. The summed E-state index contributed by atoms with van der Waals surface area (Å²) >= 11 is 1.82. The Hall–Kier alpha value is -3.83. The average Bonchev–Trinajstić information content (AvgIpc) is 3.62. The van der Waals surface area contributed by atoms with Gasteiger partial charge in [0, 0.05) is 67.9 Å². The van der Waals surface area contributed by atoms with Crippen LogP contribution >= 0.6 is 11.3 Å². The number of benzene rings is 1. The standard InChI is InChI=1S/C28H31N7O3S/c1-18-23(21-6-3-4-8-25(21)39-18)16-33-13-19-12-26(36)29-9-11-32(2)27(37)22-7-5-10-34(28(22)38)14-20-15-35(31-30-20)24(19)17-33/h3-8,10,15,19,24H,9,11-14,16-17H2,1-2H3,(H,29,36)/t19-,24+/m0/s1. The van der Waals surface area contributed by atoms with Crippen LogP contribution in [0.3, 0.4) is 0 Å². The number of carbonyl (C=O) groups is 2. The number of likely N-dealkylation sites (N-methyl/N-ethyl adjacent to an activating group) is 1. The van der Waals surface area contributed by atoms with E-state index >= 15 is 0 Å². The molecule has 2 atom stereocenters. The molecule has 1 saturated heterocycles. The Morgan fingerprint density at radius 2 is 1.95 bits per heavy atom. The first-order chi connectivity index (χ1) is 18.9. The van der Waals surface area contributed by atoms with E-state index in [0.29, 0.717) is 25.2 Å². The van der Waals surface area contributed by atoms with Crippen molar-refractivity contribution in [2.75, 3.05) is 33.2 Å². The number of amides is 2. The molecule has 3 aromatic heterocycles. The summed E-state index contributed by atoms with van der Waals surface area (Å²) in [5.74, 6) is -0.385. The highest BCUT2D eigenvalue weighted by Gasteiger charge is 2.36. The molecule has 2 aliphatic heterocycles. The summed E-state index contributed by atoms with van der Waals surface area (Å²) in [6.45, 7) is 5.33. The van der Waals surface area contributed by atoms with Crippen molar-refractivity contribution in [1.29, 1.82) is 0 Å². The summed E-state index contributed by atoms with van der Waals surface area (Å²) in [5, 5.41) is 13.0. The second-order valence-corrected chi connectivity index (χ2v) is 11.7. The Bertz CT molecular complexity index is 1610. The number of likely N-dealkylation sites (tertiary alicyclic amines) is 1. The number of carbonyl (C=O) groups excluding carboxylic acids is 2. The number of hydrogen-bond acceptors (Lipinski definition) is 7. The number of hydrogen-bond donors (Lipinski definition) is 1. The van der Waals surface area contributed by atoms with E-state index in [2.05, 4.69) is 51.7 Å². The zero-order chi connectivity index (χ0) is 27.1. The first-order valence-electron chi connectivity index (χ1n) is 13.2. The Morgan fingerprint density at radius 3 is 2.82 bits per heavy atom. The smallest absolute Gasteiger partial charge is 0.263 e. The number of fused-ring (bicyclic) bond motifs is 7. The van der Waals surface area contributed by atoms with Gasteiger partial charge in [0.1, 0.15) is 11.3 Å². The van der Waals surface area contributed by atoms with Crippen molar-refractivity contribution in [2.45, 2.75) is 32.5 Å². The third-order valence-corrected chi connectivity index (χ3v) is 8.94. The molecule has 11 heteroatoms. The molecule has 5 heterocycles. The van der Waals surface area contributed by atoms with Gasteiger partial charge in [0.15, 0.2) is 0 Å². The van der Waals surface area contributed by atoms with Crippen LogP contribution in [0.25, 0.3) is 10.1 Å². The van der Waals surface area contributed by atoms with Crippen LogP contribution in [0.4, 0.5) is 0 Å². The van der Waals surface area contributed by atoms with Crippen molar-refractivity contribution in [3.05, 3.63) is 80.8 Å². The lowest BCUT2D eigenvalue weighted by Crippen LogP contribution is -2.39. The Morgan fingerprint density at radius 1 is 1.10 bits per heavy atom. The number of nitrogens with one attached hydrogen (secondary N) is 1. The molecule has 4 aromatic rings. The van der Waals surface area contributed by atoms with E-state index in [1.54, 1.807) is 19.3 Å². The van der Waals surface area contributed by atoms with Gasteiger partial charge in [0.25, 0.3) is 11.5 Å². The average molecular weight is 546 g/mol. The van der Waals surface area contributed by atoms with Crippen LogP contribution in [-0.2, 0) is 17.9 Å². The Kier molecular flexibility index (Phi) is 6.78. The van der Waals surface area contributed by atoms with Gasteiger partial charge in [-0.2, -0.15) is 0 Å². The fourth-order valence-corrected chi connectivity index (χ4v) is 6.81. The molecular formula is C28H31N7O3S. The maximum absolute atomic E-state index is 13.1. The summed E-state index contributed by atoms with van der Waals surface area (Å²) in [7, 11) is 1.64. The van der Waals surface area contributed by atoms with Crippen molar-refractivity contribution in [3.63, 3.8) is 0 Å². The number of aromatic nitrogens is 4. The van der Waals surface area contributed by atoms with E-state index < -0.39 is 0 Å². The second-order valence-electron chi connectivity index (χ2n) is 10.5. The zero-order valence-electron chi connectivity index (χ0n) is 22.0. The molecule has 4 bridgehead atoms. The molecule has 1 fully saturated rings. The van der Waals surface area contributed by atoms with Gasteiger partial charge >= 0.3 is 0 Å². The summed E-state index contributed by atoms with van der Waals surface area (Å²) in [5.41, 5.74) is 1.68. The van der Waals surface area contributed by atoms with E-state index in [1.165, 1.54) is 36.1 Å². The molecule has 39 heavy (non-hydrogen) atoms. The molecule has 6 rings (SSSR count). The number of aryl methyl sites for hydroxylation is 1. The highest BCUT2D eigenvalue weighted by atomic mass is 32.1. The topological polar surface area (TPSA) is 105 Å². The Labute approximate surface area is 229 Å². The first kappa shape index (κ1) is 25.4. The molecule has 0 radical (unpaired) electrons. The van der Waals surface area contributed by atoms with Crippen LogP contribution in [0.1, 0.15) is 39.0 Å². The fourth-order valence-electron chi connectivity index (χ4n) is 5.74. The van der Waals surface area contributed by atoms with E-state index in [0.717, 1.165) is 19.6 Å². The molecule has 0 unspecified atom stereocenters. The van der Waals surface area contributed by atoms with Crippen LogP contribution in [0, 0.1) is 12.8 Å². The molecule has 2 amide bonds. The maximum Gasteiger partial charge on any atom is 0.263 e. The largest absolute Gasteiger partial charge is 0.354 e. The van der Waals surface area contributed by atoms with Crippen LogP contribution in [0.15, 0.2) is 53.6 Å². The van der Waals surface area contributed by atoms with Crippen LogP contribution in [0.2, 0.25) is 0 Å². The highest BCUT2D eigenvalue weighted by molar-refractivity contribution is 7.19. The molecule has 1 N–H and O–H groups in total. The SMILES string of the molecule is Cc1sc2ccccc2c1CN1C[C@@H]2CC(=O)NCCN(C)C(=O)c3cccn(c3=O)Cc3cn(nn3)[C@@H]2C1. The number of thiophene rings is 1. The minimum absolute atomic E-state index is 0.0255. The van der Waals surface area contributed by atoms with Crippen molar-refractivity contribution < 1.29 is 9.59 Å². The highest BCUT2D eigenvalue weighted by Crippen LogP contribution is 2.35. The van der Waals surface area contributed by atoms with Crippen LogP contribution in [0.5, 0.6) is 0 Å². The summed E-state index contributed by atoms with van der Waals surface area (Å²) < 4.78 is 4.63. The van der Waals surface area contributed by atoms with Crippen LogP contribution < -0.4 is 10.9 Å². The molecular weight excluding hydrogens is 514 g/mol. The predicted molar refractivity (Wildman–Crippen MR) is 149 cm³/mol. The van der Waals surface area contributed by atoms with Crippen molar-refractivity contribution in [1.82, 2.24) is 34.7 Å². The van der Waals surface area contributed by atoms with Crippen LogP contribution in [-0.4, -0.2) is 74.4 Å². The van der Waals surface area contributed by atoms with E-state index in [9.17, 15) is 14.4 Å². The van der Waals surface area contributed by atoms with Gasteiger partial charge in [-0.3, -0.25) is 19.3 Å². The fraction of sp³-hybridized carbons (Fsp3) is 0.393. The van der Waals surface area contributed by atoms with Crippen molar-refractivity contribution >= 4 is 33.2 Å². The summed E-state index contributed by atoms with van der Waals surface area (Å²) in [6, 6.07) is 11.7. The molecule has 10 nitrogen and oxygen atoms in total. The second kappa shape index (κ2) is 10.4. The monoisotopic (exact) mass is 545 g/mol. The molecule has 2 aliphatic rings. The zero-order valence-corrected chi connectivity index (χ0v) is 22.9. The molecule has 1 aromatic carbocycles. The number of pyridine rings is 1. The summed E-state index contributed by atoms with van der Waals surface area (Å²) in [4.78, 5) is 44.2. The third kappa shape index (κ3) is 4.99. The van der Waals surface area contributed by atoms with E-state index in [-0.39, 0.29) is 41.4 Å². The minimum atomic E-state index is -0.373. The van der Waals surface area contributed by atoms with Gasteiger partial charge in [-0.1, -0.05) is 23.4 Å². The van der Waals surface area contributed by atoms with Gasteiger partial charge in [-0.15, -0.1) is 16.4 Å². The maximum atomic E-state index is 13.1. The minimum Gasteiger partial charge on any atom is -0.354 e. The Balaban J connectivity index is 1.30. The van der Waals surface area contributed by atoms with E-state index in [1.807, 2.05) is 22.2 Å². The van der Waals surface area contributed by atoms with Gasteiger partial charge < -0.3 is 14.8 Å².